The summed E-state index contributed by atoms with van der Waals surface area (Å²) < 4.78 is 44.1. The molecule has 0 saturated heterocycles. The van der Waals surface area contributed by atoms with Gasteiger partial charge in [0, 0.05) is 39.2 Å². The number of hydrogen-bond donors (Lipinski definition) is 1. The van der Waals surface area contributed by atoms with Gasteiger partial charge in [-0.05, 0) is 49.1 Å². The molecular formula is C31H39FN4O4S. The van der Waals surface area contributed by atoms with E-state index in [1.165, 1.54) is 25.1 Å². The van der Waals surface area contributed by atoms with E-state index >= 15 is 0 Å². The third-order valence-corrected chi connectivity index (χ3v) is 8.58. The number of carbonyl (C=O) groups is 2. The molecule has 0 bridgehead atoms. The molecule has 0 fully saturated rings. The lowest BCUT2D eigenvalue weighted by atomic mass is 10.0. The topological polar surface area (TPSA) is 90.0 Å². The van der Waals surface area contributed by atoms with Crippen molar-refractivity contribution in [2.45, 2.75) is 46.2 Å². The van der Waals surface area contributed by atoms with E-state index in [4.69, 9.17) is 0 Å². The van der Waals surface area contributed by atoms with Gasteiger partial charge in [-0.3, -0.25) is 9.59 Å². The summed E-state index contributed by atoms with van der Waals surface area (Å²) in [5.74, 6) is -1.55. The predicted octanol–water partition coefficient (Wildman–Crippen LogP) is 4.22. The van der Waals surface area contributed by atoms with Gasteiger partial charge in [0.25, 0.3) is 0 Å². The van der Waals surface area contributed by atoms with Crippen LogP contribution < -0.4 is 9.62 Å². The zero-order valence-electron chi connectivity index (χ0n) is 24.3. The molecule has 0 saturated carbocycles. The van der Waals surface area contributed by atoms with Crippen molar-refractivity contribution < 1.29 is 22.4 Å². The number of aryl methyl sites for hydroxylation is 2. The molecule has 2 amide bonds. The highest BCUT2D eigenvalue weighted by molar-refractivity contribution is 7.90. The van der Waals surface area contributed by atoms with E-state index in [2.05, 4.69) is 5.32 Å². The molecule has 3 rings (SSSR count). The second kappa shape index (κ2) is 14.2. The maximum absolute atomic E-state index is 14.9. The van der Waals surface area contributed by atoms with Gasteiger partial charge in [-0.1, -0.05) is 67.6 Å². The van der Waals surface area contributed by atoms with Gasteiger partial charge in [-0.25, -0.2) is 8.70 Å². The first-order chi connectivity index (χ1) is 19.4. The van der Waals surface area contributed by atoms with Gasteiger partial charge in [0.05, 0.1) is 5.69 Å². The Morgan fingerprint density at radius 1 is 0.951 bits per heavy atom. The molecule has 0 radical (unpaired) electrons. The van der Waals surface area contributed by atoms with Gasteiger partial charge in [-0.15, -0.1) is 0 Å². The Hall–Kier alpha value is -3.76. The standard InChI is InChI=1S/C31H39FN4O4S/c1-6-18-33-31(38)29(20-25-12-8-7-9-13-25)35(21-26-14-10-11-15-27(26)32)30(37)22-36(41(39,40)34(4)5)28-19-23(2)16-17-24(28)3/h7-17,19,29H,6,18,20-22H2,1-5H3,(H,33,38)/t29-/m0/s1. The van der Waals surface area contributed by atoms with Crippen molar-refractivity contribution in [2.24, 2.45) is 0 Å². The van der Waals surface area contributed by atoms with Crippen LogP contribution in [0, 0.1) is 19.7 Å². The number of halogens is 1. The van der Waals surface area contributed by atoms with E-state index in [0.29, 0.717) is 24.2 Å². The molecule has 220 valence electrons. The summed E-state index contributed by atoms with van der Waals surface area (Å²) >= 11 is 0. The molecule has 0 aliphatic rings. The normalized spacial score (nSPS) is 12.2. The SMILES string of the molecule is CCCNC(=O)[C@H](Cc1ccccc1)N(Cc1ccccc1F)C(=O)CN(c1cc(C)ccc1C)S(=O)(=O)N(C)C. The number of benzene rings is 3. The molecule has 0 aromatic heterocycles. The lowest BCUT2D eigenvalue weighted by molar-refractivity contribution is -0.140. The lowest BCUT2D eigenvalue weighted by Crippen LogP contribution is -2.54. The van der Waals surface area contributed by atoms with Gasteiger partial charge in [-0.2, -0.15) is 12.7 Å². The minimum atomic E-state index is -4.12. The third kappa shape index (κ3) is 8.14. The van der Waals surface area contributed by atoms with Crippen molar-refractivity contribution in [1.82, 2.24) is 14.5 Å². The molecular weight excluding hydrogens is 543 g/mol. The van der Waals surface area contributed by atoms with Crippen molar-refractivity contribution in [2.75, 3.05) is 31.5 Å². The van der Waals surface area contributed by atoms with Crippen LogP contribution in [0.15, 0.2) is 72.8 Å². The first kappa shape index (κ1) is 31.8. The Bertz CT molecular complexity index is 1450. The first-order valence-electron chi connectivity index (χ1n) is 13.6. The van der Waals surface area contributed by atoms with Crippen LogP contribution in [0.4, 0.5) is 10.1 Å². The summed E-state index contributed by atoms with van der Waals surface area (Å²) in [5, 5.41) is 2.87. The smallest absolute Gasteiger partial charge is 0.304 e. The molecule has 3 aromatic rings. The minimum absolute atomic E-state index is 0.167. The summed E-state index contributed by atoms with van der Waals surface area (Å²) in [6, 6.07) is 19.6. The summed E-state index contributed by atoms with van der Waals surface area (Å²) in [5.41, 5.74) is 2.86. The monoisotopic (exact) mass is 582 g/mol. The molecule has 1 N–H and O–H groups in total. The average Bonchev–Trinajstić information content (AvgIpc) is 2.94. The van der Waals surface area contributed by atoms with E-state index in [1.807, 2.05) is 50.2 Å². The number of carbonyl (C=O) groups excluding carboxylic acids is 2. The van der Waals surface area contributed by atoms with Gasteiger partial charge < -0.3 is 10.2 Å². The van der Waals surface area contributed by atoms with Crippen LogP contribution in [0.25, 0.3) is 0 Å². The second-order valence-electron chi connectivity index (χ2n) is 10.2. The van der Waals surface area contributed by atoms with Crippen LogP contribution in [0.1, 0.15) is 35.6 Å². The second-order valence-corrected chi connectivity index (χ2v) is 12.3. The van der Waals surface area contributed by atoms with Crippen molar-refractivity contribution in [1.29, 1.82) is 0 Å². The summed E-state index contributed by atoms with van der Waals surface area (Å²) in [6.45, 7) is 5.13. The number of anilines is 1. The molecule has 1 atom stereocenters. The van der Waals surface area contributed by atoms with E-state index in [1.54, 1.807) is 37.3 Å². The van der Waals surface area contributed by atoms with Crippen LogP contribution in [-0.2, 0) is 32.8 Å². The van der Waals surface area contributed by atoms with Crippen molar-refractivity contribution in [3.8, 4) is 0 Å². The van der Waals surface area contributed by atoms with Crippen LogP contribution in [0.3, 0.4) is 0 Å². The highest BCUT2D eigenvalue weighted by atomic mass is 32.2. The molecule has 8 nitrogen and oxygen atoms in total. The molecule has 0 spiro atoms. The molecule has 0 heterocycles. The average molecular weight is 583 g/mol. The molecule has 0 aliphatic carbocycles. The Morgan fingerprint density at radius 2 is 1.61 bits per heavy atom. The van der Waals surface area contributed by atoms with E-state index in [-0.39, 0.29) is 18.5 Å². The summed E-state index contributed by atoms with van der Waals surface area (Å²) in [6.07, 6.45) is 0.854. The zero-order valence-corrected chi connectivity index (χ0v) is 25.1. The van der Waals surface area contributed by atoms with Crippen molar-refractivity contribution >= 4 is 27.7 Å². The summed E-state index contributed by atoms with van der Waals surface area (Å²) in [7, 11) is -1.33. The van der Waals surface area contributed by atoms with Crippen LogP contribution in [-0.4, -0.2) is 62.7 Å². The van der Waals surface area contributed by atoms with Gasteiger partial charge in [0.15, 0.2) is 0 Å². The zero-order chi connectivity index (χ0) is 30.2. The lowest BCUT2D eigenvalue weighted by Gasteiger charge is -2.35. The van der Waals surface area contributed by atoms with Crippen LogP contribution >= 0.6 is 0 Å². The predicted molar refractivity (Wildman–Crippen MR) is 160 cm³/mol. The quantitative estimate of drug-likeness (QED) is 0.327. The molecule has 10 heteroatoms. The minimum Gasteiger partial charge on any atom is -0.354 e. The first-order valence-corrected chi connectivity index (χ1v) is 15.0. The summed E-state index contributed by atoms with van der Waals surface area (Å²) in [4.78, 5) is 29.1. The van der Waals surface area contributed by atoms with Gasteiger partial charge in [0.1, 0.15) is 18.4 Å². The molecule has 0 aliphatic heterocycles. The highest BCUT2D eigenvalue weighted by Crippen LogP contribution is 2.26. The number of amides is 2. The largest absolute Gasteiger partial charge is 0.354 e. The fourth-order valence-electron chi connectivity index (χ4n) is 4.42. The highest BCUT2D eigenvalue weighted by Gasteiger charge is 2.35. The molecule has 0 unspecified atom stereocenters. The fourth-order valence-corrected chi connectivity index (χ4v) is 5.53. The maximum Gasteiger partial charge on any atom is 0.304 e. The Kier molecular flexibility index (Phi) is 11.0. The Labute approximate surface area is 243 Å². The molecule has 3 aromatic carbocycles. The number of nitrogens with one attached hydrogen (secondary N) is 1. The van der Waals surface area contributed by atoms with Crippen molar-refractivity contribution in [3.63, 3.8) is 0 Å². The van der Waals surface area contributed by atoms with Gasteiger partial charge in [0.2, 0.25) is 11.8 Å². The third-order valence-electron chi connectivity index (χ3n) is 6.77. The van der Waals surface area contributed by atoms with Gasteiger partial charge >= 0.3 is 10.2 Å². The maximum atomic E-state index is 14.9. The Morgan fingerprint density at radius 3 is 2.24 bits per heavy atom. The van der Waals surface area contributed by atoms with Crippen LogP contribution in [0.2, 0.25) is 0 Å². The van der Waals surface area contributed by atoms with E-state index in [9.17, 15) is 22.4 Å². The molecule has 41 heavy (non-hydrogen) atoms. The van der Waals surface area contributed by atoms with Crippen LogP contribution in [0.5, 0.6) is 0 Å². The Balaban J connectivity index is 2.13. The van der Waals surface area contributed by atoms with Crippen molar-refractivity contribution in [3.05, 3.63) is 101 Å². The fraction of sp³-hybridized carbons (Fsp3) is 0.355. The number of nitrogens with zero attached hydrogens (tertiary/aromatic N) is 3. The van der Waals surface area contributed by atoms with E-state index < -0.39 is 40.4 Å². The van der Waals surface area contributed by atoms with E-state index in [0.717, 1.165) is 19.7 Å². The number of hydrogen-bond acceptors (Lipinski definition) is 4. The number of rotatable bonds is 13.